The highest BCUT2D eigenvalue weighted by Crippen LogP contribution is 2.34. The molecule has 3 aromatic rings. The Balaban J connectivity index is 1.63. The molecule has 1 aliphatic heterocycles. The normalized spacial score (nSPS) is 13.9. The zero-order valence-electron chi connectivity index (χ0n) is 17.9. The molecule has 7 heteroatoms. The highest BCUT2D eigenvalue weighted by atomic mass is 16.5. The number of methoxy groups -OCH3 is 2. The van der Waals surface area contributed by atoms with Gasteiger partial charge < -0.3 is 19.7 Å². The van der Waals surface area contributed by atoms with Crippen LogP contribution in [0.25, 0.3) is 10.9 Å². The summed E-state index contributed by atoms with van der Waals surface area (Å²) in [5, 5.41) is 3.79. The van der Waals surface area contributed by atoms with Crippen LogP contribution < -0.4 is 19.7 Å². The molecule has 160 valence electrons. The number of carbonyl (C=O) groups is 2. The first-order chi connectivity index (χ1) is 15.0. The topological polar surface area (TPSA) is 80.8 Å². The maximum absolute atomic E-state index is 13.0. The second-order valence-electron chi connectivity index (χ2n) is 7.52. The number of nitrogens with zero attached hydrogens (tertiary/aromatic N) is 2. The van der Waals surface area contributed by atoms with Crippen LogP contribution in [0.5, 0.6) is 11.5 Å². The van der Waals surface area contributed by atoms with E-state index in [-0.39, 0.29) is 11.8 Å². The fraction of sp³-hybridized carbons (Fsp3) is 0.292. The molecular formula is C24H25N3O4. The molecule has 0 unspecified atom stereocenters. The molecule has 0 bridgehead atoms. The van der Waals surface area contributed by atoms with Crippen molar-refractivity contribution in [2.24, 2.45) is 0 Å². The Morgan fingerprint density at radius 3 is 2.65 bits per heavy atom. The number of benzene rings is 2. The Labute approximate surface area is 181 Å². The molecule has 2 heterocycles. The van der Waals surface area contributed by atoms with Crippen molar-refractivity contribution in [3.63, 3.8) is 0 Å². The average molecular weight is 419 g/mol. The van der Waals surface area contributed by atoms with Crippen LogP contribution in [0.3, 0.4) is 0 Å². The number of carbonyl (C=O) groups excluding carboxylic acids is 2. The van der Waals surface area contributed by atoms with Gasteiger partial charge in [-0.25, -0.2) is 0 Å². The first-order valence-electron chi connectivity index (χ1n) is 10.3. The third-order valence-electron chi connectivity index (χ3n) is 5.51. The van der Waals surface area contributed by atoms with Gasteiger partial charge in [-0.15, -0.1) is 0 Å². The van der Waals surface area contributed by atoms with E-state index >= 15 is 0 Å². The lowest BCUT2D eigenvalue weighted by molar-refractivity contribution is -0.119. The number of aryl methyl sites for hydroxylation is 1. The van der Waals surface area contributed by atoms with Crippen LogP contribution in [0.15, 0.2) is 42.5 Å². The van der Waals surface area contributed by atoms with Crippen molar-refractivity contribution in [1.82, 2.24) is 4.98 Å². The SMILES string of the molecule is COc1ccc2cc(C(=O)Nc3ccc(OC)c(N4CCCCC4=O)c3)c(C)nc2c1. The van der Waals surface area contributed by atoms with Gasteiger partial charge in [0.2, 0.25) is 5.91 Å². The van der Waals surface area contributed by atoms with Crippen LogP contribution in [-0.2, 0) is 4.79 Å². The molecule has 0 atom stereocenters. The van der Waals surface area contributed by atoms with E-state index in [1.54, 1.807) is 44.2 Å². The first-order valence-corrected chi connectivity index (χ1v) is 10.3. The number of rotatable bonds is 5. The van der Waals surface area contributed by atoms with Gasteiger partial charge in [0.25, 0.3) is 5.91 Å². The number of nitrogens with one attached hydrogen (secondary N) is 1. The van der Waals surface area contributed by atoms with E-state index in [4.69, 9.17) is 9.47 Å². The molecule has 0 saturated carbocycles. The Hall–Kier alpha value is -3.61. The summed E-state index contributed by atoms with van der Waals surface area (Å²) >= 11 is 0. The van der Waals surface area contributed by atoms with Crippen LogP contribution in [0.1, 0.15) is 35.3 Å². The highest BCUT2D eigenvalue weighted by molar-refractivity contribution is 6.07. The second-order valence-corrected chi connectivity index (χ2v) is 7.52. The number of ether oxygens (including phenoxy) is 2. The maximum Gasteiger partial charge on any atom is 0.257 e. The molecule has 2 aromatic carbocycles. The molecule has 1 aromatic heterocycles. The van der Waals surface area contributed by atoms with E-state index in [0.717, 1.165) is 29.5 Å². The number of hydrogen-bond acceptors (Lipinski definition) is 5. The van der Waals surface area contributed by atoms with Crippen LogP contribution in [-0.4, -0.2) is 37.6 Å². The lowest BCUT2D eigenvalue weighted by Gasteiger charge is -2.28. The maximum atomic E-state index is 13.0. The monoisotopic (exact) mass is 419 g/mol. The number of pyridine rings is 1. The summed E-state index contributed by atoms with van der Waals surface area (Å²) in [6.45, 7) is 2.45. The minimum Gasteiger partial charge on any atom is -0.497 e. The van der Waals surface area contributed by atoms with E-state index in [0.29, 0.717) is 41.3 Å². The predicted molar refractivity (Wildman–Crippen MR) is 120 cm³/mol. The minimum atomic E-state index is -0.260. The van der Waals surface area contributed by atoms with Gasteiger partial charge in [-0.2, -0.15) is 0 Å². The van der Waals surface area contributed by atoms with Crippen molar-refractivity contribution in [1.29, 1.82) is 0 Å². The lowest BCUT2D eigenvalue weighted by Crippen LogP contribution is -2.35. The molecule has 0 spiro atoms. The fourth-order valence-electron chi connectivity index (χ4n) is 3.84. The van der Waals surface area contributed by atoms with E-state index in [9.17, 15) is 9.59 Å². The second kappa shape index (κ2) is 8.63. The van der Waals surface area contributed by atoms with E-state index in [1.807, 2.05) is 24.3 Å². The molecule has 1 saturated heterocycles. The number of amides is 2. The minimum absolute atomic E-state index is 0.0676. The van der Waals surface area contributed by atoms with Crippen molar-refractivity contribution >= 4 is 34.1 Å². The number of piperidine rings is 1. The Morgan fingerprint density at radius 1 is 1.06 bits per heavy atom. The molecule has 4 rings (SSSR count). The van der Waals surface area contributed by atoms with Crippen LogP contribution in [0.2, 0.25) is 0 Å². The summed E-state index contributed by atoms with van der Waals surface area (Å²) in [7, 11) is 3.18. The van der Waals surface area contributed by atoms with Gasteiger partial charge in [-0.05, 0) is 56.2 Å². The summed E-state index contributed by atoms with van der Waals surface area (Å²) in [5.41, 5.74) is 3.14. The van der Waals surface area contributed by atoms with E-state index < -0.39 is 0 Å². The molecule has 0 aliphatic carbocycles. The quantitative estimate of drug-likeness (QED) is 0.666. The van der Waals surface area contributed by atoms with Gasteiger partial charge in [0, 0.05) is 30.1 Å². The average Bonchev–Trinajstić information content (AvgIpc) is 2.78. The largest absolute Gasteiger partial charge is 0.497 e. The summed E-state index contributed by atoms with van der Waals surface area (Å²) < 4.78 is 10.7. The number of fused-ring (bicyclic) bond motifs is 1. The smallest absolute Gasteiger partial charge is 0.257 e. The molecule has 1 N–H and O–H groups in total. The molecule has 1 aliphatic rings. The van der Waals surface area contributed by atoms with Crippen molar-refractivity contribution in [3.05, 3.63) is 53.7 Å². The third kappa shape index (κ3) is 4.17. The molecule has 1 fully saturated rings. The summed E-state index contributed by atoms with van der Waals surface area (Å²) in [4.78, 5) is 31.7. The van der Waals surface area contributed by atoms with Gasteiger partial charge in [0.1, 0.15) is 11.5 Å². The summed E-state index contributed by atoms with van der Waals surface area (Å²) in [6.07, 6.45) is 2.36. The van der Waals surface area contributed by atoms with Crippen LogP contribution >= 0.6 is 0 Å². The Kier molecular flexibility index (Phi) is 5.75. The molecule has 7 nitrogen and oxygen atoms in total. The Bertz CT molecular complexity index is 1160. The molecule has 0 radical (unpaired) electrons. The van der Waals surface area contributed by atoms with Crippen LogP contribution in [0, 0.1) is 6.92 Å². The zero-order chi connectivity index (χ0) is 22.0. The van der Waals surface area contributed by atoms with Crippen molar-refractivity contribution in [2.45, 2.75) is 26.2 Å². The first kappa shape index (κ1) is 20.7. The van der Waals surface area contributed by atoms with Gasteiger partial charge in [0.05, 0.1) is 36.7 Å². The highest BCUT2D eigenvalue weighted by Gasteiger charge is 2.23. The molecule has 31 heavy (non-hydrogen) atoms. The van der Waals surface area contributed by atoms with Crippen LogP contribution in [0.4, 0.5) is 11.4 Å². The Morgan fingerprint density at radius 2 is 1.90 bits per heavy atom. The van der Waals surface area contributed by atoms with Crippen molar-refractivity contribution < 1.29 is 19.1 Å². The number of aromatic nitrogens is 1. The third-order valence-corrected chi connectivity index (χ3v) is 5.51. The van der Waals surface area contributed by atoms with E-state index in [2.05, 4.69) is 10.3 Å². The van der Waals surface area contributed by atoms with E-state index in [1.165, 1.54) is 0 Å². The van der Waals surface area contributed by atoms with Gasteiger partial charge in [-0.1, -0.05) is 0 Å². The molecule has 2 amide bonds. The summed E-state index contributed by atoms with van der Waals surface area (Å²) in [6, 6.07) is 12.7. The van der Waals surface area contributed by atoms with Gasteiger partial charge in [-0.3, -0.25) is 14.6 Å². The number of hydrogen-bond donors (Lipinski definition) is 1. The number of anilines is 2. The van der Waals surface area contributed by atoms with Crippen molar-refractivity contribution in [2.75, 3.05) is 31.0 Å². The summed E-state index contributed by atoms with van der Waals surface area (Å²) in [5.74, 6) is 1.13. The lowest BCUT2D eigenvalue weighted by atomic mass is 10.1. The van der Waals surface area contributed by atoms with Gasteiger partial charge in [0.15, 0.2) is 0 Å². The standard InChI is InChI=1S/C24H25N3O4/c1-15-19(12-16-7-9-18(30-2)14-20(16)25-15)24(29)26-17-8-10-22(31-3)21(13-17)27-11-5-4-6-23(27)28/h7-10,12-14H,4-6,11H2,1-3H3,(H,26,29). The van der Waals surface area contributed by atoms with Gasteiger partial charge >= 0.3 is 0 Å². The predicted octanol–water partition coefficient (Wildman–Crippen LogP) is 4.33. The zero-order valence-corrected chi connectivity index (χ0v) is 17.9. The fourth-order valence-corrected chi connectivity index (χ4v) is 3.84. The van der Waals surface area contributed by atoms with Crippen molar-refractivity contribution in [3.8, 4) is 11.5 Å². The molecular weight excluding hydrogens is 394 g/mol.